The van der Waals surface area contributed by atoms with E-state index in [0.717, 1.165) is 20.7 Å². The Balaban J connectivity index is 2.60. The Morgan fingerprint density at radius 1 is 1.47 bits per heavy atom. The molecule has 0 saturated carbocycles. The monoisotopic (exact) mass is 280 g/mol. The fourth-order valence-corrected chi connectivity index (χ4v) is 2.94. The van der Waals surface area contributed by atoms with E-state index in [-0.39, 0.29) is 0 Å². The zero-order valence-corrected chi connectivity index (χ0v) is 10.8. The van der Waals surface area contributed by atoms with Gasteiger partial charge >= 0.3 is 0 Å². The number of hydrogen-bond donors (Lipinski definition) is 0. The first-order valence-corrected chi connectivity index (χ1v) is 6.06. The Kier molecular flexibility index (Phi) is 2.68. The summed E-state index contributed by atoms with van der Waals surface area (Å²) in [6, 6.07) is 8.23. The molecule has 76 valence electrons. The fraction of sp³-hybridized carbons (Fsp3) is 0.182. The van der Waals surface area contributed by atoms with Crippen molar-refractivity contribution in [3.05, 3.63) is 33.2 Å². The van der Waals surface area contributed by atoms with Crippen molar-refractivity contribution in [2.24, 2.45) is 7.05 Å². The van der Waals surface area contributed by atoms with E-state index in [4.69, 9.17) is 5.26 Å². The molecule has 4 heteroatoms. The van der Waals surface area contributed by atoms with Gasteiger partial charge in [-0.3, -0.25) is 0 Å². The van der Waals surface area contributed by atoms with Gasteiger partial charge in [-0.25, -0.2) is 0 Å². The van der Waals surface area contributed by atoms with E-state index < -0.39 is 0 Å². The maximum atomic E-state index is 8.94. The van der Waals surface area contributed by atoms with Gasteiger partial charge in [0.25, 0.3) is 0 Å². The third-order valence-corrected chi connectivity index (χ3v) is 4.13. The summed E-state index contributed by atoms with van der Waals surface area (Å²) in [6.45, 7) is 1.96. The smallest absolute Gasteiger partial charge is 0.101 e. The number of nitriles is 1. The lowest BCUT2D eigenvalue weighted by atomic mass is 10.2. The van der Waals surface area contributed by atoms with Crippen LogP contribution in [0.5, 0.6) is 0 Å². The summed E-state index contributed by atoms with van der Waals surface area (Å²) in [4.78, 5) is 1.17. The number of halogens is 1. The van der Waals surface area contributed by atoms with Crippen LogP contribution in [0.25, 0.3) is 10.6 Å². The highest BCUT2D eigenvalue weighted by atomic mass is 79.9. The van der Waals surface area contributed by atoms with E-state index in [1.807, 2.05) is 26.1 Å². The molecule has 0 bridgehead atoms. The minimum absolute atomic E-state index is 0.747. The van der Waals surface area contributed by atoms with Gasteiger partial charge in [-0.1, -0.05) is 0 Å². The normalized spacial score (nSPS) is 10.3. The van der Waals surface area contributed by atoms with Crippen LogP contribution < -0.4 is 0 Å². The van der Waals surface area contributed by atoms with Crippen molar-refractivity contribution in [2.75, 3.05) is 0 Å². The summed E-state index contributed by atoms with van der Waals surface area (Å²) in [7, 11) is 1.99. The zero-order valence-electron chi connectivity index (χ0n) is 8.41. The van der Waals surface area contributed by atoms with E-state index >= 15 is 0 Å². The molecule has 2 heterocycles. The quantitative estimate of drug-likeness (QED) is 0.783. The molecule has 0 atom stereocenters. The second kappa shape index (κ2) is 3.84. The van der Waals surface area contributed by atoms with E-state index in [1.165, 1.54) is 4.88 Å². The lowest BCUT2D eigenvalue weighted by molar-refractivity contribution is 0.891. The Labute approximate surface area is 101 Å². The highest BCUT2D eigenvalue weighted by Gasteiger charge is 2.11. The van der Waals surface area contributed by atoms with Crippen LogP contribution in [0.2, 0.25) is 0 Å². The van der Waals surface area contributed by atoms with Gasteiger partial charge in [-0.15, -0.1) is 11.3 Å². The van der Waals surface area contributed by atoms with Crippen molar-refractivity contribution >= 4 is 27.3 Å². The van der Waals surface area contributed by atoms with Crippen LogP contribution in [-0.2, 0) is 7.05 Å². The molecule has 0 N–H and O–H groups in total. The highest BCUT2D eigenvalue weighted by Crippen LogP contribution is 2.33. The molecule has 0 aliphatic heterocycles. The average Bonchev–Trinajstić information content (AvgIpc) is 2.74. The van der Waals surface area contributed by atoms with Crippen LogP contribution >= 0.6 is 27.3 Å². The molecule has 0 aliphatic carbocycles. The van der Waals surface area contributed by atoms with Crippen LogP contribution in [0, 0.1) is 18.3 Å². The number of thiophene rings is 1. The van der Waals surface area contributed by atoms with E-state index in [9.17, 15) is 0 Å². The summed E-state index contributed by atoms with van der Waals surface area (Å²) >= 11 is 5.11. The summed E-state index contributed by atoms with van der Waals surface area (Å²) in [6.07, 6.45) is 0. The predicted octanol–water partition coefficient (Wildman–Crippen LogP) is 3.70. The molecule has 2 nitrogen and oxygen atoms in total. The number of rotatable bonds is 1. The lowest BCUT2D eigenvalue weighted by Gasteiger charge is -2.01. The van der Waals surface area contributed by atoms with Crippen molar-refractivity contribution < 1.29 is 0 Å². The molecular formula is C11H9BrN2S. The lowest BCUT2D eigenvalue weighted by Crippen LogP contribution is -1.92. The van der Waals surface area contributed by atoms with Gasteiger partial charge in [-0.2, -0.15) is 5.26 Å². The molecule has 2 aromatic heterocycles. The third-order valence-electron chi connectivity index (χ3n) is 2.48. The largest absolute Gasteiger partial charge is 0.346 e. The molecule has 0 radical (unpaired) electrons. The van der Waals surface area contributed by atoms with Gasteiger partial charge in [0.15, 0.2) is 0 Å². The Hall–Kier alpha value is -1.05. The molecule has 2 rings (SSSR count). The molecule has 0 amide bonds. The molecule has 15 heavy (non-hydrogen) atoms. The van der Waals surface area contributed by atoms with Crippen molar-refractivity contribution in [3.63, 3.8) is 0 Å². The van der Waals surface area contributed by atoms with Gasteiger partial charge in [0.1, 0.15) is 6.07 Å². The van der Waals surface area contributed by atoms with Crippen LogP contribution in [0.4, 0.5) is 0 Å². The maximum absolute atomic E-state index is 8.94. The van der Waals surface area contributed by atoms with Gasteiger partial charge in [0, 0.05) is 12.7 Å². The van der Waals surface area contributed by atoms with Gasteiger partial charge in [-0.05, 0) is 41.1 Å². The highest BCUT2D eigenvalue weighted by molar-refractivity contribution is 9.11. The summed E-state index contributed by atoms with van der Waals surface area (Å²) in [5, 5.41) is 8.94. The maximum Gasteiger partial charge on any atom is 0.101 e. The summed E-state index contributed by atoms with van der Waals surface area (Å²) in [5.74, 6) is 0. The van der Waals surface area contributed by atoms with E-state index in [0.29, 0.717) is 0 Å². The first-order valence-electron chi connectivity index (χ1n) is 4.45. The molecule has 2 aromatic rings. The van der Waals surface area contributed by atoms with Gasteiger partial charge < -0.3 is 4.57 Å². The number of hydrogen-bond acceptors (Lipinski definition) is 2. The van der Waals surface area contributed by atoms with Crippen molar-refractivity contribution in [2.45, 2.75) is 6.92 Å². The van der Waals surface area contributed by atoms with Gasteiger partial charge in [0.05, 0.1) is 19.9 Å². The van der Waals surface area contributed by atoms with Crippen molar-refractivity contribution in [1.82, 2.24) is 4.57 Å². The average molecular weight is 281 g/mol. The summed E-state index contributed by atoms with van der Waals surface area (Å²) in [5.41, 5.74) is 2.86. The fourth-order valence-electron chi connectivity index (χ4n) is 1.50. The molecule has 0 aromatic carbocycles. The molecular weight excluding hydrogens is 272 g/mol. The SMILES string of the molecule is Cc1c(C#N)cc(-c2ccc(Br)s2)n1C. The predicted molar refractivity (Wildman–Crippen MR) is 65.9 cm³/mol. The number of nitrogens with zero attached hydrogens (tertiary/aromatic N) is 2. The summed E-state index contributed by atoms with van der Waals surface area (Å²) < 4.78 is 3.16. The van der Waals surface area contributed by atoms with E-state index in [2.05, 4.69) is 32.6 Å². The van der Waals surface area contributed by atoms with Gasteiger partial charge in [0.2, 0.25) is 0 Å². The zero-order chi connectivity index (χ0) is 11.0. The van der Waals surface area contributed by atoms with Crippen LogP contribution in [0.3, 0.4) is 0 Å². The molecule has 0 spiro atoms. The van der Waals surface area contributed by atoms with Crippen molar-refractivity contribution in [3.8, 4) is 16.6 Å². The first kappa shape index (κ1) is 10.5. The molecule has 0 unspecified atom stereocenters. The number of aromatic nitrogens is 1. The van der Waals surface area contributed by atoms with E-state index in [1.54, 1.807) is 11.3 Å². The van der Waals surface area contributed by atoms with Crippen LogP contribution in [0.15, 0.2) is 22.0 Å². The second-order valence-electron chi connectivity index (χ2n) is 3.30. The standard InChI is InChI=1S/C11H9BrN2S/c1-7-8(6-13)5-9(14(7)2)10-3-4-11(12)15-10/h3-5H,1-2H3. The van der Waals surface area contributed by atoms with Crippen molar-refractivity contribution in [1.29, 1.82) is 5.26 Å². The Morgan fingerprint density at radius 2 is 2.20 bits per heavy atom. The minimum Gasteiger partial charge on any atom is -0.346 e. The first-order chi connectivity index (χ1) is 7.13. The van der Waals surface area contributed by atoms with Crippen LogP contribution in [0.1, 0.15) is 11.3 Å². The molecule has 0 fully saturated rings. The minimum atomic E-state index is 0.747. The topological polar surface area (TPSA) is 28.7 Å². The second-order valence-corrected chi connectivity index (χ2v) is 5.77. The van der Waals surface area contributed by atoms with Crippen LogP contribution in [-0.4, -0.2) is 4.57 Å². The Bertz CT molecular complexity index is 545. The third kappa shape index (κ3) is 1.73. The Morgan fingerprint density at radius 3 is 2.67 bits per heavy atom. The molecule has 0 saturated heterocycles. The molecule has 0 aliphatic rings.